The van der Waals surface area contributed by atoms with Crippen molar-refractivity contribution >= 4 is 23.3 Å². The van der Waals surface area contributed by atoms with Gasteiger partial charge in [0.2, 0.25) is 0 Å². The zero-order chi connectivity index (χ0) is 17.7. The van der Waals surface area contributed by atoms with Crippen molar-refractivity contribution in [3.8, 4) is 0 Å². The standard InChI is InChI=1S/C18H24N4O2S/c1-9(2)8-22-15-14(16(23)21-18(22)24)17(25)20-13(19-15)7-12-6-10-3-4-11(12)5-10/h9-12H,3-8H2,1-2H3,(H,19,20,25)(H,21,23,24)/t10-,11+,12-/m0/s1. The van der Waals surface area contributed by atoms with Gasteiger partial charge in [0.15, 0.2) is 0 Å². The van der Waals surface area contributed by atoms with Crippen LogP contribution in [0.15, 0.2) is 9.59 Å². The molecule has 3 atom stereocenters. The molecule has 7 heteroatoms. The lowest BCUT2D eigenvalue weighted by molar-refractivity contribution is 0.326. The van der Waals surface area contributed by atoms with Gasteiger partial charge in [0.25, 0.3) is 5.56 Å². The normalized spacial score (nSPS) is 25.3. The fourth-order valence-electron chi connectivity index (χ4n) is 4.75. The Morgan fingerprint density at radius 1 is 1.24 bits per heavy atom. The van der Waals surface area contributed by atoms with E-state index in [1.165, 1.54) is 25.7 Å². The van der Waals surface area contributed by atoms with Crippen molar-refractivity contribution in [1.29, 1.82) is 0 Å². The molecule has 2 heterocycles. The van der Waals surface area contributed by atoms with Gasteiger partial charge in [-0.25, -0.2) is 9.78 Å². The van der Waals surface area contributed by atoms with E-state index in [2.05, 4.69) is 15.0 Å². The van der Waals surface area contributed by atoms with Crippen LogP contribution in [0.1, 0.15) is 45.4 Å². The Morgan fingerprint density at radius 2 is 2.04 bits per heavy atom. The van der Waals surface area contributed by atoms with Gasteiger partial charge in [-0.2, -0.15) is 0 Å². The molecule has 25 heavy (non-hydrogen) atoms. The van der Waals surface area contributed by atoms with Crippen LogP contribution < -0.4 is 11.2 Å². The van der Waals surface area contributed by atoms with Crippen molar-refractivity contribution in [2.75, 3.05) is 0 Å². The maximum absolute atomic E-state index is 12.3. The number of nitrogens with one attached hydrogen (secondary N) is 2. The van der Waals surface area contributed by atoms with Crippen LogP contribution in [0.3, 0.4) is 0 Å². The molecule has 2 bridgehead atoms. The van der Waals surface area contributed by atoms with Gasteiger partial charge in [0, 0.05) is 13.0 Å². The van der Waals surface area contributed by atoms with Crippen molar-refractivity contribution in [3.05, 3.63) is 31.3 Å². The molecule has 0 spiro atoms. The van der Waals surface area contributed by atoms with Crippen molar-refractivity contribution in [3.63, 3.8) is 0 Å². The molecular formula is C18H24N4O2S. The molecule has 0 aliphatic heterocycles. The van der Waals surface area contributed by atoms with Gasteiger partial charge >= 0.3 is 5.69 Å². The summed E-state index contributed by atoms with van der Waals surface area (Å²) in [6.45, 7) is 4.60. The lowest BCUT2D eigenvalue weighted by atomic mass is 9.86. The third-order valence-electron chi connectivity index (χ3n) is 5.80. The average Bonchev–Trinajstić information content (AvgIpc) is 3.13. The predicted molar refractivity (Wildman–Crippen MR) is 99.3 cm³/mol. The van der Waals surface area contributed by atoms with E-state index in [0.29, 0.717) is 23.5 Å². The molecule has 4 rings (SSSR count). The predicted octanol–water partition coefficient (Wildman–Crippen LogP) is 2.78. The molecule has 0 unspecified atom stereocenters. The maximum Gasteiger partial charge on any atom is 0.329 e. The minimum absolute atomic E-state index is 0.274. The SMILES string of the molecule is CC(C)Cn1c(=O)[nH]c(=O)c2c(=S)nc(C[C@@H]3C[C@H]4CC[C@@H]3C4)[nH]c21. The Hall–Kier alpha value is -1.76. The Kier molecular flexibility index (Phi) is 4.14. The van der Waals surface area contributed by atoms with E-state index in [0.717, 1.165) is 24.1 Å². The Morgan fingerprint density at radius 3 is 2.68 bits per heavy atom. The molecular weight excluding hydrogens is 336 g/mol. The van der Waals surface area contributed by atoms with Crippen LogP contribution >= 0.6 is 12.2 Å². The average molecular weight is 360 g/mol. The first kappa shape index (κ1) is 16.7. The summed E-state index contributed by atoms with van der Waals surface area (Å²) in [5.41, 5.74) is -0.338. The summed E-state index contributed by atoms with van der Waals surface area (Å²) in [6.07, 6.45) is 6.15. The smallest absolute Gasteiger partial charge is 0.329 e. The van der Waals surface area contributed by atoms with Crippen molar-refractivity contribution in [2.24, 2.45) is 23.7 Å². The third-order valence-corrected chi connectivity index (χ3v) is 6.10. The lowest BCUT2D eigenvalue weighted by Gasteiger charge is -2.21. The lowest BCUT2D eigenvalue weighted by Crippen LogP contribution is -2.32. The second-order valence-corrected chi connectivity index (χ2v) is 8.50. The second kappa shape index (κ2) is 6.20. The highest BCUT2D eigenvalue weighted by atomic mass is 32.1. The summed E-state index contributed by atoms with van der Waals surface area (Å²) in [5, 5.41) is 0.312. The van der Waals surface area contributed by atoms with E-state index in [4.69, 9.17) is 12.2 Å². The Balaban J connectivity index is 1.80. The largest absolute Gasteiger partial charge is 0.329 e. The van der Waals surface area contributed by atoms with Gasteiger partial charge in [-0.05, 0) is 42.9 Å². The molecule has 2 saturated carbocycles. The molecule has 0 aromatic carbocycles. The topological polar surface area (TPSA) is 83.5 Å². The van der Waals surface area contributed by atoms with E-state index >= 15 is 0 Å². The van der Waals surface area contributed by atoms with Crippen LogP contribution in [0.4, 0.5) is 0 Å². The van der Waals surface area contributed by atoms with Gasteiger partial charge in [-0.15, -0.1) is 0 Å². The first-order valence-electron chi connectivity index (χ1n) is 9.18. The molecule has 2 aromatic rings. The summed E-state index contributed by atoms with van der Waals surface area (Å²) in [5.74, 6) is 3.39. The van der Waals surface area contributed by atoms with E-state index in [-0.39, 0.29) is 10.6 Å². The number of rotatable bonds is 4. The summed E-state index contributed by atoms with van der Waals surface area (Å²) >= 11 is 5.39. The van der Waals surface area contributed by atoms with E-state index in [1.54, 1.807) is 4.57 Å². The molecule has 2 fully saturated rings. The van der Waals surface area contributed by atoms with Crippen LogP contribution in [0.25, 0.3) is 11.0 Å². The fraction of sp³-hybridized carbons (Fsp3) is 0.667. The van der Waals surface area contributed by atoms with Gasteiger partial charge in [-0.3, -0.25) is 14.3 Å². The van der Waals surface area contributed by atoms with Gasteiger partial charge in [0.1, 0.15) is 21.5 Å². The highest BCUT2D eigenvalue weighted by Gasteiger charge is 2.39. The van der Waals surface area contributed by atoms with Crippen LogP contribution in [0.5, 0.6) is 0 Å². The summed E-state index contributed by atoms with van der Waals surface area (Å²) in [7, 11) is 0. The number of hydrogen-bond donors (Lipinski definition) is 2. The van der Waals surface area contributed by atoms with Crippen molar-refractivity contribution in [2.45, 2.75) is 52.5 Å². The highest BCUT2D eigenvalue weighted by molar-refractivity contribution is 7.71. The first-order chi connectivity index (χ1) is 11.9. The van der Waals surface area contributed by atoms with E-state index in [9.17, 15) is 9.59 Å². The fourth-order valence-corrected chi connectivity index (χ4v) is 5.05. The van der Waals surface area contributed by atoms with Crippen molar-refractivity contribution < 1.29 is 0 Å². The van der Waals surface area contributed by atoms with Crippen LogP contribution in [0, 0.1) is 28.3 Å². The first-order valence-corrected chi connectivity index (χ1v) is 9.59. The highest BCUT2D eigenvalue weighted by Crippen LogP contribution is 2.49. The summed E-state index contributed by atoms with van der Waals surface area (Å²) in [6, 6.07) is 0. The minimum Gasteiger partial charge on any atom is -0.329 e. The molecule has 0 radical (unpaired) electrons. The number of fused-ring (bicyclic) bond motifs is 3. The monoisotopic (exact) mass is 360 g/mol. The molecule has 134 valence electrons. The molecule has 0 saturated heterocycles. The summed E-state index contributed by atoms with van der Waals surface area (Å²) < 4.78 is 1.87. The molecule has 2 aromatic heterocycles. The summed E-state index contributed by atoms with van der Waals surface area (Å²) in [4.78, 5) is 34.6. The number of H-pyrrole nitrogens is 2. The van der Waals surface area contributed by atoms with Gasteiger partial charge in [0.05, 0.1) is 0 Å². The molecule has 6 nitrogen and oxygen atoms in total. The quantitative estimate of drug-likeness (QED) is 0.821. The molecule has 2 N–H and O–H groups in total. The molecule has 2 aliphatic carbocycles. The van der Waals surface area contributed by atoms with Crippen LogP contribution in [-0.4, -0.2) is 19.5 Å². The Labute approximate surface area is 150 Å². The number of aromatic amines is 2. The number of aromatic nitrogens is 4. The van der Waals surface area contributed by atoms with E-state index < -0.39 is 11.2 Å². The Bertz CT molecular complexity index is 987. The van der Waals surface area contributed by atoms with Gasteiger partial charge in [-0.1, -0.05) is 32.5 Å². The van der Waals surface area contributed by atoms with Gasteiger partial charge < -0.3 is 4.98 Å². The molecule has 2 aliphatic rings. The van der Waals surface area contributed by atoms with E-state index in [1.807, 2.05) is 13.8 Å². The van der Waals surface area contributed by atoms with Crippen LogP contribution in [0.2, 0.25) is 0 Å². The minimum atomic E-state index is -0.458. The number of nitrogens with zero attached hydrogens (tertiary/aromatic N) is 2. The molecule has 0 amide bonds. The number of hydrogen-bond acceptors (Lipinski definition) is 4. The third kappa shape index (κ3) is 2.99. The maximum atomic E-state index is 12.3. The zero-order valence-corrected chi connectivity index (χ0v) is 15.5. The van der Waals surface area contributed by atoms with Crippen molar-refractivity contribution in [1.82, 2.24) is 19.5 Å². The second-order valence-electron chi connectivity index (χ2n) is 8.12. The van der Waals surface area contributed by atoms with Crippen LogP contribution in [-0.2, 0) is 13.0 Å². The zero-order valence-electron chi connectivity index (χ0n) is 14.7.